The lowest BCUT2D eigenvalue weighted by atomic mass is 10.2. The Morgan fingerprint density at radius 3 is 2.33 bits per heavy atom. The number of nitrogens with zero attached hydrogens (tertiary/aromatic N) is 3. The lowest BCUT2D eigenvalue weighted by Gasteiger charge is -2.03. The Balaban J connectivity index is 1.80. The summed E-state index contributed by atoms with van der Waals surface area (Å²) in [6.07, 6.45) is 3.33. The van der Waals surface area contributed by atoms with Crippen LogP contribution in [0.25, 0.3) is 16.9 Å². The summed E-state index contributed by atoms with van der Waals surface area (Å²) in [7, 11) is 0. The van der Waals surface area contributed by atoms with E-state index in [9.17, 15) is 0 Å². The van der Waals surface area contributed by atoms with Gasteiger partial charge in [-0.3, -0.25) is 0 Å². The zero-order valence-electron chi connectivity index (χ0n) is 12.9. The van der Waals surface area contributed by atoms with E-state index in [0.717, 1.165) is 22.8 Å². The van der Waals surface area contributed by atoms with Crippen LogP contribution >= 0.6 is 0 Å². The van der Waals surface area contributed by atoms with Crippen LogP contribution in [-0.4, -0.2) is 16.0 Å². The number of benzene rings is 2. The first-order chi connectivity index (χ1) is 11.9. The van der Waals surface area contributed by atoms with Gasteiger partial charge in [0.05, 0.1) is 23.9 Å². The molecule has 2 aromatic carbocycles. The van der Waals surface area contributed by atoms with Crippen molar-refractivity contribution in [3.05, 3.63) is 90.9 Å². The molecule has 0 fully saturated rings. The minimum absolute atomic E-state index is 0.706. The van der Waals surface area contributed by atoms with Crippen molar-refractivity contribution in [2.45, 2.75) is 0 Å². The zero-order valence-corrected chi connectivity index (χ0v) is 12.9. The topological polar surface area (TPSA) is 43.3 Å². The van der Waals surface area contributed by atoms with Crippen LogP contribution < -0.4 is 0 Å². The van der Waals surface area contributed by atoms with Crippen LogP contribution in [0.2, 0.25) is 0 Å². The second-order valence-electron chi connectivity index (χ2n) is 5.27. The fourth-order valence-corrected chi connectivity index (χ4v) is 2.47. The molecular formula is C20H15N3O. The molecular weight excluding hydrogens is 298 g/mol. The fraction of sp³-hybridized carbons (Fsp3) is 0. The van der Waals surface area contributed by atoms with Gasteiger partial charge in [-0.05, 0) is 24.3 Å². The molecule has 0 spiro atoms. The first kappa shape index (κ1) is 14.2. The van der Waals surface area contributed by atoms with Crippen molar-refractivity contribution in [1.29, 1.82) is 0 Å². The van der Waals surface area contributed by atoms with Crippen LogP contribution in [0.4, 0.5) is 5.82 Å². The summed E-state index contributed by atoms with van der Waals surface area (Å²) >= 11 is 0. The van der Waals surface area contributed by atoms with Gasteiger partial charge >= 0.3 is 0 Å². The molecule has 0 bridgehead atoms. The monoisotopic (exact) mass is 313 g/mol. The predicted octanol–water partition coefficient (Wildman–Crippen LogP) is 4.88. The van der Waals surface area contributed by atoms with E-state index in [2.05, 4.69) is 4.99 Å². The Morgan fingerprint density at radius 1 is 0.875 bits per heavy atom. The Labute approximate surface area is 139 Å². The summed E-state index contributed by atoms with van der Waals surface area (Å²) in [5, 5.41) is 4.72. The van der Waals surface area contributed by atoms with Crippen LogP contribution in [0.1, 0.15) is 5.76 Å². The maximum Gasteiger partial charge on any atom is 0.156 e. The molecule has 0 saturated carbocycles. The summed E-state index contributed by atoms with van der Waals surface area (Å²) in [6.45, 7) is 0. The van der Waals surface area contributed by atoms with E-state index in [4.69, 9.17) is 9.52 Å². The van der Waals surface area contributed by atoms with Crippen molar-refractivity contribution < 1.29 is 4.42 Å². The molecule has 0 saturated heterocycles. The Morgan fingerprint density at radius 2 is 1.62 bits per heavy atom. The highest BCUT2D eigenvalue weighted by atomic mass is 16.3. The molecule has 0 aliphatic carbocycles. The maximum absolute atomic E-state index is 5.31. The van der Waals surface area contributed by atoms with Gasteiger partial charge < -0.3 is 4.42 Å². The van der Waals surface area contributed by atoms with E-state index >= 15 is 0 Å². The SMILES string of the molecule is C(=Nc1cc(-c2ccccc2)nn1-c1ccccc1)c1ccco1. The molecule has 0 unspecified atom stereocenters. The fourth-order valence-electron chi connectivity index (χ4n) is 2.47. The molecule has 0 aliphatic rings. The number of para-hydroxylation sites is 1. The smallest absolute Gasteiger partial charge is 0.156 e. The summed E-state index contributed by atoms with van der Waals surface area (Å²) < 4.78 is 7.15. The molecule has 0 amide bonds. The molecule has 24 heavy (non-hydrogen) atoms. The van der Waals surface area contributed by atoms with Crippen LogP contribution in [0, 0.1) is 0 Å². The second-order valence-corrected chi connectivity index (χ2v) is 5.27. The molecule has 2 heterocycles. The van der Waals surface area contributed by atoms with E-state index in [1.54, 1.807) is 12.5 Å². The Kier molecular flexibility index (Phi) is 3.78. The first-order valence-corrected chi connectivity index (χ1v) is 7.69. The average molecular weight is 313 g/mol. The third-order valence-electron chi connectivity index (χ3n) is 3.63. The van der Waals surface area contributed by atoms with Gasteiger partial charge in [-0.2, -0.15) is 5.10 Å². The van der Waals surface area contributed by atoms with Gasteiger partial charge in [0.15, 0.2) is 5.82 Å². The molecule has 4 aromatic rings. The van der Waals surface area contributed by atoms with Crippen molar-refractivity contribution >= 4 is 12.0 Å². The quantitative estimate of drug-likeness (QED) is 0.504. The van der Waals surface area contributed by atoms with E-state index in [-0.39, 0.29) is 0 Å². The molecule has 0 aliphatic heterocycles. The van der Waals surface area contributed by atoms with Crippen LogP contribution in [0.3, 0.4) is 0 Å². The Bertz CT molecular complexity index is 939. The van der Waals surface area contributed by atoms with Crippen LogP contribution in [0.15, 0.2) is 94.5 Å². The predicted molar refractivity (Wildman–Crippen MR) is 95.0 cm³/mol. The normalized spacial score (nSPS) is 11.2. The first-order valence-electron chi connectivity index (χ1n) is 7.69. The lowest BCUT2D eigenvalue weighted by molar-refractivity contribution is 0.560. The highest BCUT2D eigenvalue weighted by Crippen LogP contribution is 2.26. The van der Waals surface area contributed by atoms with Gasteiger partial charge in [-0.25, -0.2) is 9.67 Å². The van der Waals surface area contributed by atoms with Crippen LogP contribution in [-0.2, 0) is 0 Å². The van der Waals surface area contributed by atoms with Crippen molar-refractivity contribution in [3.8, 4) is 16.9 Å². The van der Waals surface area contributed by atoms with Gasteiger partial charge in [-0.1, -0.05) is 48.5 Å². The Hall–Kier alpha value is -3.40. The highest BCUT2D eigenvalue weighted by Gasteiger charge is 2.10. The van der Waals surface area contributed by atoms with E-state index in [1.807, 2.05) is 83.5 Å². The third kappa shape index (κ3) is 2.90. The largest absolute Gasteiger partial charge is 0.463 e. The minimum atomic E-state index is 0.706. The van der Waals surface area contributed by atoms with E-state index < -0.39 is 0 Å². The van der Waals surface area contributed by atoms with Crippen molar-refractivity contribution in [3.63, 3.8) is 0 Å². The summed E-state index contributed by atoms with van der Waals surface area (Å²) in [5.74, 6) is 1.45. The summed E-state index contributed by atoms with van der Waals surface area (Å²) in [5.41, 5.74) is 2.90. The molecule has 116 valence electrons. The van der Waals surface area contributed by atoms with E-state index in [1.165, 1.54) is 0 Å². The molecule has 4 nitrogen and oxygen atoms in total. The molecule has 0 atom stereocenters. The molecule has 0 radical (unpaired) electrons. The number of aromatic nitrogens is 2. The highest BCUT2D eigenvalue weighted by molar-refractivity contribution is 5.79. The third-order valence-corrected chi connectivity index (χ3v) is 3.63. The van der Waals surface area contributed by atoms with Gasteiger partial charge in [0.1, 0.15) is 5.76 Å². The number of aliphatic imine (C=N–C) groups is 1. The zero-order chi connectivity index (χ0) is 16.2. The molecule has 2 aromatic heterocycles. The van der Waals surface area contributed by atoms with Crippen LogP contribution in [0.5, 0.6) is 0 Å². The van der Waals surface area contributed by atoms with E-state index in [0.29, 0.717) is 5.76 Å². The number of hydrogen-bond acceptors (Lipinski definition) is 3. The average Bonchev–Trinajstić information content (AvgIpc) is 3.31. The molecule has 0 N–H and O–H groups in total. The minimum Gasteiger partial charge on any atom is -0.463 e. The van der Waals surface area contributed by atoms with Gasteiger partial charge in [0.2, 0.25) is 0 Å². The van der Waals surface area contributed by atoms with Gasteiger partial charge in [0.25, 0.3) is 0 Å². The maximum atomic E-state index is 5.31. The standard InChI is InChI=1S/C20H15N3O/c1-3-8-16(9-4-1)19-14-20(21-15-18-12-7-13-24-18)23(22-19)17-10-5-2-6-11-17/h1-15H. The van der Waals surface area contributed by atoms with Crippen molar-refractivity contribution in [1.82, 2.24) is 9.78 Å². The number of furan rings is 1. The van der Waals surface area contributed by atoms with Gasteiger partial charge in [-0.15, -0.1) is 0 Å². The molecule has 4 heteroatoms. The number of rotatable bonds is 4. The second kappa shape index (κ2) is 6.38. The summed E-state index contributed by atoms with van der Waals surface area (Å²) in [6, 6.07) is 25.7. The molecule has 4 rings (SSSR count). The number of hydrogen-bond donors (Lipinski definition) is 0. The lowest BCUT2D eigenvalue weighted by Crippen LogP contribution is -1.96. The van der Waals surface area contributed by atoms with Gasteiger partial charge in [0, 0.05) is 11.6 Å². The summed E-state index contributed by atoms with van der Waals surface area (Å²) in [4.78, 5) is 4.55. The van der Waals surface area contributed by atoms with Crippen molar-refractivity contribution in [2.24, 2.45) is 4.99 Å². The van der Waals surface area contributed by atoms with Crippen molar-refractivity contribution in [2.75, 3.05) is 0 Å².